The van der Waals surface area contributed by atoms with Crippen molar-refractivity contribution in [3.63, 3.8) is 0 Å². The quantitative estimate of drug-likeness (QED) is 0.677. The largest absolute Gasteiger partial charge is 0.496 e. The number of aryl methyl sites for hydroxylation is 1. The number of carbonyl (C=O) groups excluding carboxylic acids is 1. The minimum absolute atomic E-state index is 0.0766. The van der Waals surface area contributed by atoms with Gasteiger partial charge in [0.1, 0.15) is 5.75 Å². The first-order valence-corrected chi connectivity index (χ1v) is 6.09. The van der Waals surface area contributed by atoms with E-state index < -0.39 is 0 Å². The van der Waals surface area contributed by atoms with E-state index in [9.17, 15) is 4.79 Å². The van der Waals surface area contributed by atoms with Crippen LogP contribution in [0.4, 0.5) is 5.69 Å². The lowest BCUT2D eigenvalue weighted by molar-refractivity contribution is 0.103. The first kappa shape index (κ1) is 13.1. The summed E-state index contributed by atoms with van der Waals surface area (Å²) in [5, 5.41) is 0. The van der Waals surface area contributed by atoms with Gasteiger partial charge >= 0.3 is 0 Å². The zero-order valence-electron chi connectivity index (χ0n) is 11.4. The molecule has 0 aromatic heterocycles. The molecular weight excluding hydrogens is 238 g/mol. The minimum atomic E-state index is -0.0766. The summed E-state index contributed by atoms with van der Waals surface area (Å²) in [5.41, 5.74) is 9.51. The van der Waals surface area contributed by atoms with Crippen LogP contribution in [0.3, 0.4) is 0 Å². The molecule has 0 bridgehead atoms. The Morgan fingerprint density at radius 2 is 1.89 bits per heavy atom. The molecule has 98 valence electrons. The van der Waals surface area contributed by atoms with E-state index in [4.69, 9.17) is 10.5 Å². The maximum Gasteiger partial charge on any atom is 0.196 e. The third-order valence-corrected chi connectivity index (χ3v) is 3.27. The fourth-order valence-corrected chi connectivity index (χ4v) is 2.07. The second kappa shape index (κ2) is 5.14. The molecule has 0 fully saturated rings. The Balaban J connectivity index is 2.53. The second-order valence-corrected chi connectivity index (χ2v) is 4.54. The Morgan fingerprint density at radius 1 is 1.16 bits per heavy atom. The van der Waals surface area contributed by atoms with Crippen LogP contribution in [0.2, 0.25) is 0 Å². The highest BCUT2D eigenvalue weighted by Crippen LogP contribution is 2.28. The molecule has 0 aliphatic heterocycles. The zero-order chi connectivity index (χ0) is 14.0. The molecule has 0 radical (unpaired) electrons. The van der Waals surface area contributed by atoms with Crippen LogP contribution < -0.4 is 10.5 Å². The number of nitrogens with two attached hydrogens (primary N) is 1. The van der Waals surface area contributed by atoms with Crippen molar-refractivity contribution in [3.8, 4) is 5.75 Å². The molecule has 0 aliphatic rings. The number of hydrogen-bond donors (Lipinski definition) is 1. The van der Waals surface area contributed by atoms with Gasteiger partial charge in [0.2, 0.25) is 0 Å². The molecule has 0 aliphatic carbocycles. The highest BCUT2D eigenvalue weighted by atomic mass is 16.5. The molecule has 2 aromatic carbocycles. The van der Waals surface area contributed by atoms with Crippen molar-refractivity contribution in [1.82, 2.24) is 0 Å². The van der Waals surface area contributed by atoms with Crippen molar-refractivity contribution < 1.29 is 9.53 Å². The number of benzene rings is 2. The first-order chi connectivity index (χ1) is 9.04. The molecule has 3 heteroatoms. The number of anilines is 1. The number of ketones is 1. The Bertz CT molecular complexity index is 633. The van der Waals surface area contributed by atoms with Gasteiger partial charge in [-0.15, -0.1) is 0 Å². The van der Waals surface area contributed by atoms with Gasteiger partial charge in [0.15, 0.2) is 5.78 Å². The summed E-state index contributed by atoms with van der Waals surface area (Å²) in [6.07, 6.45) is 0. The van der Waals surface area contributed by atoms with Gasteiger partial charge in [-0.1, -0.05) is 18.2 Å². The summed E-state index contributed by atoms with van der Waals surface area (Å²) in [6.45, 7) is 3.94. The van der Waals surface area contributed by atoms with E-state index in [1.54, 1.807) is 37.4 Å². The Hall–Kier alpha value is -2.29. The van der Waals surface area contributed by atoms with Crippen molar-refractivity contribution in [2.75, 3.05) is 12.8 Å². The van der Waals surface area contributed by atoms with Gasteiger partial charge < -0.3 is 10.5 Å². The van der Waals surface area contributed by atoms with Crippen LogP contribution in [0.25, 0.3) is 0 Å². The normalized spacial score (nSPS) is 10.3. The maximum atomic E-state index is 12.5. The number of methoxy groups -OCH3 is 1. The van der Waals surface area contributed by atoms with Gasteiger partial charge in [0, 0.05) is 11.3 Å². The van der Waals surface area contributed by atoms with E-state index in [1.807, 2.05) is 19.9 Å². The number of rotatable bonds is 3. The maximum absolute atomic E-state index is 12.5. The van der Waals surface area contributed by atoms with E-state index in [0.717, 1.165) is 11.1 Å². The van der Waals surface area contributed by atoms with Crippen molar-refractivity contribution in [2.45, 2.75) is 13.8 Å². The van der Waals surface area contributed by atoms with Crippen LogP contribution in [0, 0.1) is 13.8 Å². The zero-order valence-corrected chi connectivity index (χ0v) is 11.4. The van der Waals surface area contributed by atoms with Crippen LogP contribution >= 0.6 is 0 Å². The smallest absolute Gasteiger partial charge is 0.196 e. The standard InChI is InChI=1S/C16H17NO2/c1-10-7-8-14(16(19-3)11(10)2)15(18)12-5-4-6-13(17)9-12/h4-9H,17H2,1-3H3. The number of ether oxygens (including phenoxy) is 1. The molecular formula is C16H17NO2. The summed E-state index contributed by atoms with van der Waals surface area (Å²) in [4.78, 5) is 12.5. The topological polar surface area (TPSA) is 52.3 Å². The Labute approximate surface area is 113 Å². The second-order valence-electron chi connectivity index (χ2n) is 4.54. The highest BCUT2D eigenvalue weighted by Gasteiger charge is 2.17. The average molecular weight is 255 g/mol. The van der Waals surface area contributed by atoms with E-state index in [-0.39, 0.29) is 5.78 Å². The summed E-state index contributed by atoms with van der Waals surface area (Å²) in [7, 11) is 1.58. The van der Waals surface area contributed by atoms with Crippen LogP contribution in [0.5, 0.6) is 5.75 Å². The van der Waals surface area contributed by atoms with E-state index in [1.165, 1.54) is 0 Å². The molecule has 0 heterocycles. The van der Waals surface area contributed by atoms with Crippen LogP contribution in [-0.2, 0) is 0 Å². The average Bonchev–Trinajstić information content (AvgIpc) is 2.41. The molecule has 0 saturated carbocycles. The van der Waals surface area contributed by atoms with Gasteiger partial charge in [0.05, 0.1) is 12.7 Å². The molecule has 2 rings (SSSR count). The van der Waals surface area contributed by atoms with Crippen molar-refractivity contribution >= 4 is 11.5 Å². The van der Waals surface area contributed by atoms with E-state index in [2.05, 4.69) is 0 Å². The molecule has 19 heavy (non-hydrogen) atoms. The van der Waals surface area contributed by atoms with Crippen molar-refractivity contribution in [3.05, 3.63) is 58.7 Å². The van der Waals surface area contributed by atoms with Crippen LogP contribution in [0.15, 0.2) is 36.4 Å². The van der Waals surface area contributed by atoms with Crippen LogP contribution in [-0.4, -0.2) is 12.9 Å². The molecule has 0 spiro atoms. The lowest BCUT2D eigenvalue weighted by atomic mass is 9.97. The number of nitrogen functional groups attached to an aromatic ring is 1. The van der Waals surface area contributed by atoms with Gasteiger partial charge in [-0.2, -0.15) is 0 Å². The predicted molar refractivity (Wildman–Crippen MR) is 76.8 cm³/mol. The SMILES string of the molecule is COc1c(C(=O)c2cccc(N)c2)ccc(C)c1C. The van der Waals surface area contributed by atoms with Gasteiger partial charge in [0.25, 0.3) is 0 Å². The minimum Gasteiger partial charge on any atom is -0.496 e. The van der Waals surface area contributed by atoms with Gasteiger partial charge in [-0.3, -0.25) is 4.79 Å². The summed E-state index contributed by atoms with van der Waals surface area (Å²) < 4.78 is 5.38. The monoisotopic (exact) mass is 255 g/mol. The third kappa shape index (κ3) is 2.45. The molecule has 0 unspecified atom stereocenters. The third-order valence-electron chi connectivity index (χ3n) is 3.27. The predicted octanol–water partition coefficient (Wildman–Crippen LogP) is 3.13. The Kier molecular flexibility index (Phi) is 3.56. The molecule has 3 nitrogen and oxygen atoms in total. The number of carbonyl (C=O) groups is 1. The van der Waals surface area contributed by atoms with Crippen molar-refractivity contribution in [1.29, 1.82) is 0 Å². The Morgan fingerprint density at radius 3 is 2.53 bits per heavy atom. The molecule has 2 aromatic rings. The summed E-state index contributed by atoms with van der Waals surface area (Å²) in [5.74, 6) is 0.555. The lowest BCUT2D eigenvalue weighted by Crippen LogP contribution is -2.06. The van der Waals surface area contributed by atoms with E-state index in [0.29, 0.717) is 22.6 Å². The first-order valence-electron chi connectivity index (χ1n) is 6.09. The highest BCUT2D eigenvalue weighted by molar-refractivity contribution is 6.11. The fraction of sp³-hybridized carbons (Fsp3) is 0.188. The molecule has 2 N–H and O–H groups in total. The van der Waals surface area contributed by atoms with Crippen LogP contribution in [0.1, 0.15) is 27.0 Å². The fourth-order valence-electron chi connectivity index (χ4n) is 2.07. The van der Waals surface area contributed by atoms with Gasteiger partial charge in [-0.05, 0) is 43.2 Å². The van der Waals surface area contributed by atoms with E-state index >= 15 is 0 Å². The van der Waals surface area contributed by atoms with Crippen molar-refractivity contribution in [2.24, 2.45) is 0 Å². The molecule has 0 atom stereocenters. The van der Waals surface area contributed by atoms with Gasteiger partial charge in [-0.25, -0.2) is 0 Å². The summed E-state index contributed by atoms with van der Waals surface area (Å²) in [6, 6.07) is 10.7. The molecule has 0 amide bonds. The lowest BCUT2D eigenvalue weighted by Gasteiger charge is -2.12. The number of hydrogen-bond acceptors (Lipinski definition) is 3. The molecule has 0 saturated heterocycles. The summed E-state index contributed by atoms with van der Waals surface area (Å²) >= 11 is 0.